The van der Waals surface area contributed by atoms with Crippen LogP contribution in [-0.2, 0) is 9.53 Å². The van der Waals surface area contributed by atoms with Gasteiger partial charge in [0.05, 0.1) is 6.10 Å². The Hall–Kier alpha value is -1.30. The molecule has 0 spiro atoms. The monoisotopic (exact) mass is 299 g/mol. The van der Waals surface area contributed by atoms with Crippen LogP contribution >= 0.6 is 0 Å². The van der Waals surface area contributed by atoms with Gasteiger partial charge < -0.3 is 20.6 Å². The van der Waals surface area contributed by atoms with Crippen molar-refractivity contribution in [1.29, 1.82) is 0 Å². The molecule has 1 heterocycles. The number of rotatable bonds is 6. The Morgan fingerprint density at radius 3 is 2.57 bits per heavy atom. The normalized spacial score (nSPS) is 21.2. The third-order valence-electron chi connectivity index (χ3n) is 4.10. The second-order valence-electron chi connectivity index (χ2n) is 5.85. The van der Waals surface area contributed by atoms with E-state index >= 15 is 0 Å². The molecule has 0 radical (unpaired) electrons. The summed E-state index contributed by atoms with van der Waals surface area (Å²) in [6.45, 7) is 7.89. The van der Waals surface area contributed by atoms with Crippen molar-refractivity contribution in [3.63, 3.8) is 0 Å². The summed E-state index contributed by atoms with van der Waals surface area (Å²) in [7, 11) is 0. The average Bonchev–Trinajstić information content (AvgIpc) is 2.69. The van der Waals surface area contributed by atoms with Gasteiger partial charge in [-0.1, -0.05) is 31.8 Å². The molecule has 0 bridgehead atoms. The topological polar surface area (TPSA) is 88.2 Å². The second-order valence-corrected chi connectivity index (χ2v) is 5.85. The lowest BCUT2D eigenvalue weighted by molar-refractivity contribution is -0.140. The molecule has 0 saturated carbocycles. The highest BCUT2D eigenvalue weighted by Crippen LogP contribution is 2.33. The molecule has 0 aromatic carbocycles. The highest BCUT2D eigenvalue weighted by Gasteiger charge is 2.44. The van der Waals surface area contributed by atoms with Crippen molar-refractivity contribution in [1.82, 2.24) is 4.90 Å². The molecule has 0 aliphatic carbocycles. The first-order valence-corrected chi connectivity index (χ1v) is 7.90. The molecule has 6 heteroatoms. The first-order valence-electron chi connectivity index (χ1n) is 7.90. The molecular weight excluding hydrogens is 270 g/mol. The average molecular weight is 299 g/mol. The number of oxime groups is 1. The molecule has 21 heavy (non-hydrogen) atoms. The van der Waals surface area contributed by atoms with Crippen molar-refractivity contribution in [2.45, 2.75) is 59.0 Å². The molecule has 1 aliphatic rings. The van der Waals surface area contributed by atoms with Crippen molar-refractivity contribution in [3.05, 3.63) is 0 Å². The maximum atomic E-state index is 13.1. The number of hydrogen-bond acceptors (Lipinski definition) is 4. The van der Waals surface area contributed by atoms with Crippen molar-refractivity contribution in [2.75, 3.05) is 19.7 Å². The molecule has 6 nitrogen and oxygen atoms in total. The van der Waals surface area contributed by atoms with E-state index in [1.807, 2.05) is 25.7 Å². The van der Waals surface area contributed by atoms with E-state index in [4.69, 9.17) is 15.7 Å². The number of nitrogens with zero attached hydrogens (tertiary/aromatic N) is 2. The summed E-state index contributed by atoms with van der Waals surface area (Å²) in [6, 6.07) is 0. The highest BCUT2D eigenvalue weighted by molar-refractivity contribution is 6.06. The van der Waals surface area contributed by atoms with Crippen LogP contribution in [0.5, 0.6) is 0 Å². The van der Waals surface area contributed by atoms with E-state index < -0.39 is 5.41 Å². The number of nitrogens with two attached hydrogens (primary N) is 1. The van der Waals surface area contributed by atoms with Gasteiger partial charge in [-0.15, -0.1) is 0 Å². The SMILES string of the molecule is CCCC(CCC)(C(=O)N1CCCOC(C)C1)C(N)=NO. The molecule has 3 N–H and O–H groups in total. The molecule has 1 atom stereocenters. The van der Waals surface area contributed by atoms with Crippen molar-refractivity contribution in [3.8, 4) is 0 Å². The van der Waals surface area contributed by atoms with Gasteiger partial charge in [0.1, 0.15) is 5.41 Å². The van der Waals surface area contributed by atoms with E-state index in [9.17, 15) is 4.79 Å². The summed E-state index contributed by atoms with van der Waals surface area (Å²) >= 11 is 0. The van der Waals surface area contributed by atoms with Crippen molar-refractivity contribution in [2.24, 2.45) is 16.3 Å². The Kier molecular flexibility index (Phi) is 6.95. The van der Waals surface area contributed by atoms with E-state index in [1.165, 1.54) is 0 Å². The smallest absolute Gasteiger partial charge is 0.236 e. The van der Waals surface area contributed by atoms with Crippen LogP contribution in [0.3, 0.4) is 0 Å². The fraction of sp³-hybridized carbons (Fsp3) is 0.867. The third kappa shape index (κ3) is 4.09. The van der Waals surface area contributed by atoms with Gasteiger partial charge in [0.25, 0.3) is 0 Å². The molecule has 1 amide bonds. The van der Waals surface area contributed by atoms with Crippen LogP contribution < -0.4 is 5.73 Å². The van der Waals surface area contributed by atoms with Gasteiger partial charge in [-0.2, -0.15) is 0 Å². The van der Waals surface area contributed by atoms with Crippen LogP contribution in [0.2, 0.25) is 0 Å². The first-order chi connectivity index (χ1) is 10.0. The number of carbonyl (C=O) groups excluding carboxylic acids is 1. The van der Waals surface area contributed by atoms with Gasteiger partial charge in [-0.05, 0) is 26.2 Å². The Balaban J connectivity index is 3.07. The van der Waals surface area contributed by atoms with Crippen LogP contribution in [0.15, 0.2) is 5.16 Å². The molecule has 0 aromatic heterocycles. The largest absolute Gasteiger partial charge is 0.409 e. The second kappa shape index (κ2) is 8.22. The van der Waals surface area contributed by atoms with Gasteiger partial charge in [-0.25, -0.2) is 0 Å². The maximum Gasteiger partial charge on any atom is 0.236 e. The minimum Gasteiger partial charge on any atom is -0.409 e. The molecule has 0 aromatic rings. The molecule has 1 rings (SSSR count). The minimum atomic E-state index is -0.887. The summed E-state index contributed by atoms with van der Waals surface area (Å²) in [5.74, 6) is 0.00729. The van der Waals surface area contributed by atoms with Crippen LogP contribution in [-0.4, -0.2) is 47.7 Å². The Morgan fingerprint density at radius 2 is 2.05 bits per heavy atom. The molecule has 1 fully saturated rings. The van der Waals surface area contributed by atoms with E-state index in [-0.39, 0.29) is 17.8 Å². The lowest BCUT2D eigenvalue weighted by Crippen LogP contribution is -2.52. The van der Waals surface area contributed by atoms with Crippen molar-refractivity contribution < 1.29 is 14.7 Å². The number of amidine groups is 1. The summed E-state index contributed by atoms with van der Waals surface area (Å²) < 4.78 is 5.60. The molecule has 1 unspecified atom stereocenters. The lowest BCUT2D eigenvalue weighted by atomic mass is 9.76. The van der Waals surface area contributed by atoms with Crippen LogP contribution in [0.4, 0.5) is 0 Å². The van der Waals surface area contributed by atoms with Crippen LogP contribution in [0.1, 0.15) is 52.9 Å². The van der Waals surface area contributed by atoms with E-state index in [1.54, 1.807) is 0 Å². The highest BCUT2D eigenvalue weighted by atomic mass is 16.5. The lowest BCUT2D eigenvalue weighted by Gasteiger charge is -2.36. The van der Waals surface area contributed by atoms with E-state index in [0.717, 1.165) is 19.3 Å². The van der Waals surface area contributed by atoms with Gasteiger partial charge in [0.15, 0.2) is 5.84 Å². The number of hydrogen-bond donors (Lipinski definition) is 2. The van der Waals surface area contributed by atoms with Crippen LogP contribution in [0.25, 0.3) is 0 Å². The quantitative estimate of drug-likeness (QED) is 0.339. The summed E-state index contributed by atoms with van der Waals surface area (Å²) in [5, 5.41) is 12.3. The van der Waals surface area contributed by atoms with Gasteiger partial charge in [0.2, 0.25) is 5.91 Å². The van der Waals surface area contributed by atoms with Gasteiger partial charge in [0, 0.05) is 19.7 Å². The Morgan fingerprint density at radius 1 is 1.43 bits per heavy atom. The van der Waals surface area contributed by atoms with E-state index in [2.05, 4.69) is 5.16 Å². The predicted octanol–water partition coefficient (Wildman–Crippen LogP) is 1.96. The fourth-order valence-corrected chi connectivity index (χ4v) is 3.14. The van der Waals surface area contributed by atoms with Crippen molar-refractivity contribution >= 4 is 11.7 Å². The van der Waals surface area contributed by atoms with Crippen LogP contribution in [0, 0.1) is 5.41 Å². The zero-order valence-corrected chi connectivity index (χ0v) is 13.5. The third-order valence-corrected chi connectivity index (χ3v) is 4.10. The zero-order valence-electron chi connectivity index (χ0n) is 13.5. The predicted molar refractivity (Wildman–Crippen MR) is 82.3 cm³/mol. The molecular formula is C15H29N3O3. The molecule has 122 valence electrons. The first kappa shape index (κ1) is 17.8. The fourth-order valence-electron chi connectivity index (χ4n) is 3.14. The summed E-state index contributed by atoms with van der Waals surface area (Å²) in [6.07, 6.45) is 3.65. The number of carbonyl (C=O) groups is 1. The molecule has 1 saturated heterocycles. The number of ether oxygens (including phenoxy) is 1. The Bertz CT molecular complexity index is 365. The maximum absolute atomic E-state index is 13.1. The zero-order chi connectivity index (χ0) is 15.9. The summed E-state index contributed by atoms with van der Waals surface area (Å²) in [4.78, 5) is 14.9. The van der Waals surface area contributed by atoms with E-state index in [0.29, 0.717) is 32.5 Å². The molecule has 1 aliphatic heterocycles. The van der Waals surface area contributed by atoms with Gasteiger partial charge in [-0.3, -0.25) is 4.79 Å². The minimum absolute atomic E-state index is 0.0182. The summed E-state index contributed by atoms with van der Waals surface area (Å²) in [5.41, 5.74) is 5.04. The van der Waals surface area contributed by atoms with Gasteiger partial charge >= 0.3 is 0 Å². The Labute approximate surface area is 127 Å². The standard InChI is InChI=1S/C15H29N3O3/c1-4-7-15(8-5-2,13(16)17-20)14(19)18-9-6-10-21-12(3)11-18/h12,20H,4-11H2,1-3H3,(H2,16,17). The number of amides is 1.